The van der Waals surface area contributed by atoms with E-state index in [1.807, 2.05) is 0 Å². The highest BCUT2D eigenvalue weighted by Crippen LogP contribution is 2.22. The van der Waals surface area contributed by atoms with Crippen molar-refractivity contribution in [3.05, 3.63) is 47.8 Å². The molecule has 0 aliphatic carbocycles. The lowest BCUT2D eigenvalue weighted by molar-refractivity contribution is 0.0696. The molecule has 7 heteroatoms. The first-order valence-corrected chi connectivity index (χ1v) is 4.74. The van der Waals surface area contributed by atoms with E-state index in [4.69, 9.17) is 9.84 Å². The van der Waals surface area contributed by atoms with Gasteiger partial charge in [-0.15, -0.1) is 0 Å². The van der Waals surface area contributed by atoms with Crippen molar-refractivity contribution < 1.29 is 23.4 Å². The van der Waals surface area contributed by atoms with Gasteiger partial charge in [-0.2, -0.15) is 0 Å². The van der Waals surface area contributed by atoms with Crippen molar-refractivity contribution in [3.8, 4) is 11.8 Å². The van der Waals surface area contributed by atoms with Crippen LogP contribution < -0.4 is 4.74 Å². The monoisotopic (exact) mass is 252 g/mol. The maximum Gasteiger partial charge on any atom is 0.338 e. The smallest absolute Gasteiger partial charge is 0.338 e. The number of aromatic carboxylic acids is 1. The number of benzene rings is 1. The number of carboxylic acids is 1. The fraction of sp³-hybridized carbons (Fsp3) is 0. The lowest BCUT2D eigenvalue weighted by Gasteiger charge is -2.04. The molecule has 0 spiro atoms. The zero-order valence-electron chi connectivity index (χ0n) is 8.80. The lowest BCUT2D eigenvalue weighted by atomic mass is 10.3. The predicted molar refractivity (Wildman–Crippen MR) is 55.4 cm³/mol. The number of hydrogen-bond acceptors (Lipinski definition) is 4. The van der Waals surface area contributed by atoms with Gasteiger partial charge in [-0.1, -0.05) is 0 Å². The van der Waals surface area contributed by atoms with Crippen LogP contribution in [-0.2, 0) is 0 Å². The molecular formula is C11H6F2N2O3. The van der Waals surface area contributed by atoms with Gasteiger partial charge in [-0.25, -0.2) is 23.5 Å². The van der Waals surface area contributed by atoms with Crippen LogP contribution in [0, 0.1) is 11.6 Å². The Kier molecular flexibility index (Phi) is 3.13. The van der Waals surface area contributed by atoms with Crippen LogP contribution in [0.5, 0.6) is 11.8 Å². The molecule has 0 atom stereocenters. The molecule has 2 aromatic rings. The van der Waals surface area contributed by atoms with Crippen LogP contribution >= 0.6 is 0 Å². The van der Waals surface area contributed by atoms with Crippen molar-refractivity contribution in [1.82, 2.24) is 9.97 Å². The first-order chi connectivity index (χ1) is 8.56. The zero-order chi connectivity index (χ0) is 13.1. The van der Waals surface area contributed by atoms with Gasteiger partial charge in [-0.3, -0.25) is 0 Å². The summed E-state index contributed by atoms with van der Waals surface area (Å²) in [5, 5.41) is 8.62. The highest BCUT2D eigenvalue weighted by atomic mass is 19.1. The number of nitrogens with zero attached hydrogens (tertiary/aromatic N) is 2. The fourth-order valence-corrected chi connectivity index (χ4v) is 1.13. The minimum atomic E-state index is -1.20. The molecule has 0 amide bonds. The molecule has 1 aromatic carbocycles. The van der Waals surface area contributed by atoms with Crippen LogP contribution in [0.2, 0.25) is 0 Å². The first kappa shape index (κ1) is 11.9. The zero-order valence-corrected chi connectivity index (χ0v) is 8.80. The topological polar surface area (TPSA) is 72.3 Å². The van der Waals surface area contributed by atoms with Gasteiger partial charge in [0.1, 0.15) is 5.82 Å². The predicted octanol–water partition coefficient (Wildman–Crippen LogP) is 2.25. The highest BCUT2D eigenvalue weighted by Gasteiger charge is 2.09. The quantitative estimate of drug-likeness (QED) is 0.906. The molecule has 18 heavy (non-hydrogen) atoms. The summed E-state index contributed by atoms with van der Waals surface area (Å²) in [5.74, 6) is -3.02. The minimum absolute atomic E-state index is 0.137. The normalized spacial score (nSPS) is 10.1. The summed E-state index contributed by atoms with van der Waals surface area (Å²) in [5.41, 5.74) is -0.137. The Morgan fingerprint density at radius 3 is 2.50 bits per heavy atom. The maximum absolute atomic E-state index is 13.2. The highest BCUT2D eigenvalue weighted by molar-refractivity contribution is 5.86. The molecule has 0 aliphatic rings. The second-order valence-electron chi connectivity index (χ2n) is 3.24. The van der Waals surface area contributed by atoms with Crippen molar-refractivity contribution in [2.75, 3.05) is 0 Å². The van der Waals surface area contributed by atoms with E-state index in [0.29, 0.717) is 0 Å². The van der Waals surface area contributed by atoms with E-state index in [2.05, 4.69) is 9.97 Å². The largest absolute Gasteiger partial charge is 0.478 e. The van der Waals surface area contributed by atoms with E-state index in [0.717, 1.165) is 30.6 Å². The molecule has 1 aromatic heterocycles. The van der Waals surface area contributed by atoms with E-state index in [1.165, 1.54) is 0 Å². The summed E-state index contributed by atoms with van der Waals surface area (Å²) in [6, 6.07) is 2.40. The Morgan fingerprint density at radius 2 is 1.89 bits per heavy atom. The van der Waals surface area contributed by atoms with Crippen molar-refractivity contribution in [1.29, 1.82) is 0 Å². The summed E-state index contributed by atoms with van der Waals surface area (Å²) in [6.07, 6.45) is 2.00. The van der Waals surface area contributed by atoms with Crippen LogP contribution in [0.1, 0.15) is 10.4 Å². The third-order valence-corrected chi connectivity index (χ3v) is 1.97. The number of ether oxygens (including phenoxy) is 1. The van der Waals surface area contributed by atoms with Gasteiger partial charge in [0.25, 0.3) is 0 Å². The summed E-state index contributed by atoms with van der Waals surface area (Å²) in [7, 11) is 0. The molecule has 1 heterocycles. The van der Waals surface area contributed by atoms with E-state index < -0.39 is 17.6 Å². The summed E-state index contributed by atoms with van der Waals surface area (Å²) in [4.78, 5) is 17.7. The second-order valence-corrected chi connectivity index (χ2v) is 3.24. The SMILES string of the molecule is O=C(O)c1cnc(Oc2cc(F)ccc2F)nc1. The number of hydrogen-bond donors (Lipinski definition) is 1. The Balaban J connectivity index is 2.23. The second kappa shape index (κ2) is 4.74. The van der Waals surface area contributed by atoms with Crippen molar-refractivity contribution >= 4 is 5.97 Å². The Morgan fingerprint density at radius 1 is 1.22 bits per heavy atom. The van der Waals surface area contributed by atoms with Gasteiger partial charge in [-0.05, 0) is 12.1 Å². The van der Waals surface area contributed by atoms with E-state index in [1.54, 1.807) is 0 Å². The van der Waals surface area contributed by atoms with Crippen LogP contribution in [0.3, 0.4) is 0 Å². The Bertz CT molecular complexity index is 587. The number of halogens is 2. The number of aromatic nitrogens is 2. The summed E-state index contributed by atoms with van der Waals surface area (Å²) < 4.78 is 31.0. The summed E-state index contributed by atoms with van der Waals surface area (Å²) in [6.45, 7) is 0. The third kappa shape index (κ3) is 2.57. The molecule has 0 unspecified atom stereocenters. The average molecular weight is 252 g/mol. The number of carboxylic acid groups (broad SMARTS) is 1. The van der Waals surface area contributed by atoms with Gasteiger partial charge < -0.3 is 9.84 Å². The van der Waals surface area contributed by atoms with Crippen molar-refractivity contribution in [2.24, 2.45) is 0 Å². The molecule has 92 valence electrons. The van der Waals surface area contributed by atoms with E-state index in [-0.39, 0.29) is 17.3 Å². The molecule has 0 radical (unpaired) electrons. The molecule has 0 bridgehead atoms. The molecule has 0 aliphatic heterocycles. The third-order valence-electron chi connectivity index (χ3n) is 1.97. The first-order valence-electron chi connectivity index (χ1n) is 4.74. The Labute approximate surface area is 99.7 Å². The van der Waals surface area contributed by atoms with Gasteiger partial charge in [0.15, 0.2) is 11.6 Å². The van der Waals surface area contributed by atoms with Gasteiger partial charge in [0, 0.05) is 18.5 Å². The molecule has 0 saturated carbocycles. The molecule has 5 nitrogen and oxygen atoms in total. The van der Waals surface area contributed by atoms with Gasteiger partial charge in [0.2, 0.25) is 0 Å². The van der Waals surface area contributed by atoms with Crippen molar-refractivity contribution in [3.63, 3.8) is 0 Å². The summed E-state index contributed by atoms with van der Waals surface area (Å²) >= 11 is 0. The van der Waals surface area contributed by atoms with E-state index >= 15 is 0 Å². The molecule has 0 fully saturated rings. The molecule has 1 N–H and O–H groups in total. The minimum Gasteiger partial charge on any atom is -0.478 e. The van der Waals surface area contributed by atoms with Crippen LogP contribution in [-0.4, -0.2) is 21.0 Å². The van der Waals surface area contributed by atoms with Gasteiger partial charge >= 0.3 is 12.0 Å². The van der Waals surface area contributed by atoms with Crippen LogP contribution in [0.4, 0.5) is 8.78 Å². The molecular weight excluding hydrogens is 246 g/mol. The van der Waals surface area contributed by atoms with E-state index in [9.17, 15) is 13.6 Å². The van der Waals surface area contributed by atoms with Crippen LogP contribution in [0.15, 0.2) is 30.6 Å². The van der Waals surface area contributed by atoms with Crippen molar-refractivity contribution in [2.45, 2.75) is 0 Å². The number of carbonyl (C=O) groups is 1. The number of rotatable bonds is 3. The van der Waals surface area contributed by atoms with Gasteiger partial charge in [0.05, 0.1) is 5.56 Å². The average Bonchev–Trinajstić information content (AvgIpc) is 2.34. The standard InChI is InChI=1S/C11H6F2N2O3/c12-7-1-2-8(13)9(3-7)18-11-14-4-6(5-15-11)10(16)17/h1-5H,(H,16,17). The maximum atomic E-state index is 13.2. The lowest BCUT2D eigenvalue weighted by Crippen LogP contribution is -2.00. The molecule has 0 saturated heterocycles. The van der Waals surface area contributed by atoms with Crippen LogP contribution in [0.25, 0.3) is 0 Å². The Hall–Kier alpha value is -2.57. The molecule has 2 rings (SSSR count). The fourth-order valence-electron chi connectivity index (χ4n) is 1.13.